The highest BCUT2D eigenvalue weighted by Gasteiger charge is 2.16. The van der Waals surface area contributed by atoms with Crippen LogP contribution in [0.2, 0.25) is 0 Å². The van der Waals surface area contributed by atoms with Gasteiger partial charge >= 0.3 is 0 Å². The van der Waals surface area contributed by atoms with Crippen LogP contribution in [-0.4, -0.2) is 69.2 Å². The van der Waals surface area contributed by atoms with Crippen LogP contribution in [0.25, 0.3) is 11.4 Å². The minimum absolute atomic E-state index is 0.262. The van der Waals surface area contributed by atoms with Gasteiger partial charge in [-0.1, -0.05) is 0 Å². The number of halogens is 1. The van der Waals surface area contributed by atoms with Crippen LogP contribution in [0.3, 0.4) is 0 Å². The Labute approximate surface area is 133 Å². The third-order valence-corrected chi connectivity index (χ3v) is 3.82. The Bertz CT molecular complexity index is 657. The zero-order valence-electron chi connectivity index (χ0n) is 13.0. The first kappa shape index (κ1) is 16.0. The normalized spacial score (nSPS) is 17.3. The summed E-state index contributed by atoms with van der Waals surface area (Å²) in [5.41, 5.74) is 1.24. The van der Waals surface area contributed by atoms with Crippen molar-refractivity contribution in [1.82, 2.24) is 25.1 Å². The second-order valence-electron chi connectivity index (χ2n) is 5.70. The average molecular weight is 321 g/mol. The molecule has 124 valence electrons. The molecule has 1 unspecified atom stereocenters. The van der Waals surface area contributed by atoms with Crippen LogP contribution in [-0.2, 0) is 11.3 Å². The molecule has 0 amide bonds. The van der Waals surface area contributed by atoms with Crippen molar-refractivity contribution in [3.05, 3.63) is 29.6 Å². The zero-order valence-corrected chi connectivity index (χ0v) is 13.0. The lowest BCUT2D eigenvalue weighted by Gasteiger charge is -2.28. The van der Waals surface area contributed by atoms with Crippen LogP contribution >= 0.6 is 0 Å². The van der Waals surface area contributed by atoms with E-state index in [0.29, 0.717) is 36.7 Å². The summed E-state index contributed by atoms with van der Waals surface area (Å²) >= 11 is 0. The average Bonchev–Trinajstić information content (AvgIpc) is 2.99. The lowest BCUT2D eigenvalue weighted by molar-refractivity contribution is 0.00988. The summed E-state index contributed by atoms with van der Waals surface area (Å²) in [4.78, 5) is 3.52. The van der Waals surface area contributed by atoms with Gasteiger partial charge in [-0.15, -0.1) is 10.2 Å². The molecule has 1 atom stereocenters. The predicted octanol–water partition coefficient (Wildman–Crippen LogP) is 0.481. The number of aliphatic hydroxyl groups excluding tert-OH is 1. The molecule has 1 N–H and O–H groups in total. The topological polar surface area (TPSA) is 76.3 Å². The van der Waals surface area contributed by atoms with Crippen molar-refractivity contribution in [3.8, 4) is 11.4 Å². The molecule has 1 aromatic carbocycles. The molecule has 1 aromatic heterocycles. The maximum Gasteiger partial charge on any atom is 0.204 e. The minimum atomic E-state index is -0.579. The quantitative estimate of drug-likeness (QED) is 0.863. The van der Waals surface area contributed by atoms with E-state index in [4.69, 9.17) is 4.74 Å². The number of rotatable bonds is 5. The molecule has 0 aliphatic carbocycles. The van der Waals surface area contributed by atoms with E-state index in [1.807, 2.05) is 0 Å². The predicted molar refractivity (Wildman–Crippen MR) is 81.2 cm³/mol. The van der Waals surface area contributed by atoms with E-state index in [9.17, 15) is 9.50 Å². The van der Waals surface area contributed by atoms with Gasteiger partial charge in [-0.3, -0.25) is 4.90 Å². The SMILES string of the molecule is Cc1cc(-c2nnn(CC(O)CN3CCOCC3)n2)ccc1F. The minimum Gasteiger partial charge on any atom is -0.390 e. The largest absolute Gasteiger partial charge is 0.390 e. The van der Waals surface area contributed by atoms with Crippen molar-refractivity contribution in [3.63, 3.8) is 0 Å². The first-order valence-electron chi connectivity index (χ1n) is 7.64. The second kappa shape index (κ2) is 7.12. The molecule has 1 aliphatic rings. The summed E-state index contributed by atoms with van der Waals surface area (Å²) in [6, 6.07) is 4.69. The highest BCUT2D eigenvalue weighted by molar-refractivity contribution is 5.54. The third kappa shape index (κ3) is 4.10. The van der Waals surface area contributed by atoms with Crippen LogP contribution in [0.15, 0.2) is 18.2 Å². The molecule has 1 saturated heterocycles. The molecule has 7 nitrogen and oxygen atoms in total. The first-order valence-corrected chi connectivity index (χ1v) is 7.64. The summed E-state index contributed by atoms with van der Waals surface area (Å²) < 4.78 is 18.6. The number of β-amino-alcohol motifs (C(OH)–C–C–N with tert-alkyl or cyclic N) is 1. The lowest BCUT2D eigenvalue weighted by Crippen LogP contribution is -2.42. The molecule has 1 aliphatic heterocycles. The second-order valence-corrected chi connectivity index (χ2v) is 5.70. The van der Waals surface area contributed by atoms with Gasteiger partial charge in [0.1, 0.15) is 5.82 Å². The van der Waals surface area contributed by atoms with Crippen LogP contribution in [0.1, 0.15) is 5.56 Å². The van der Waals surface area contributed by atoms with Gasteiger partial charge in [-0.2, -0.15) is 4.80 Å². The molecule has 2 aromatic rings. The molecule has 0 spiro atoms. The number of morpholine rings is 1. The smallest absolute Gasteiger partial charge is 0.204 e. The Balaban J connectivity index is 1.61. The zero-order chi connectivity index (χ0) is 16.2. The van der Waals surface area contributed by atoms with Crippen LogP contribution in [0.4, 0.5) is 4.39 Å². The Hall–Kier alpha value is -1.90. The van der Waals surface area contributed by atoms with Gasteiger partial charge in [-0.25, -0.2) is 4.39 Å². The van der Waals surface area contributed by atoms with E-state index >= 15 is 0 Å². The summed E-state index contributed by atoms with van der Waals surface area (Å²) in [5, 5.41) is 22.3. The van der Waals surface area contributed by atoms with E-state index in [-0.39, 0.29) is 12.4 Å². The summed E-state index contributed by atoms with van der Waals surface area (Å²) in [6.07, 6.45) is -0.579. The molecule has 0 bridgehead atoms. The monoisotopic (exact) mass is 321 g/mol. The van der Waals surface area contributed by atoms with Crippen molar-refractivity contribution in [2.45, 2.75) is 19.6 Å². The maximum absolute atomic E-state index is 13.3. The number of aryl methyl sites for hydroxylation is 1. The van der Waals surface area contributed by atoms with Crippen molar-refractivity contribution >= 4 is 0 Å². The van der Waals surface area contributed by atoms with Crippen molar-refractivity contribution in [2.24, 2.45) is 0 Å². The van der Waals surface area contributed by atoms with E-state index in [2.05, 4.69) is 20.3 Å². The highest BCUT2D eigenvalue weighted by Crippen LogP contribution is 2.17. The van der Waals surface area contributed by atoms with Crippen LogP contribution < -0.4 is 0 Å². The molecule has 3 rings (SSSR count). The summed E-state index contributed by atoms with van der Waals surface area (Å²) in [6.45, 7) is 5.55. The molecular weight excluding hydrogens is 301 g/mol. The number of nitrogens with zero attached hydrogens (tertiary/aromatic N) is 5. The number of ether oxygens (including phenoxy) is 1. The van der Waals surface area contributed by atoms with Gasteiger partial charge in [0, 0.05) is 25.2 Å². The number of hydrogen-bond acceptors (Lipinski definition) is 6. The summed E-state index contributed by atoms with van der Waals surface area (Å²) in [5.74, 6) is 0.161. The molecule has 2 heterocycles. The van der Waals surface area contributed by atoms with Gasteiger partial charge in [0.25, 0.3) is 0 Å². The Kier molecular flexibility index (Phi) is 4.94. The van der Waals surface area contributed by atoms with Gasteiger partial charge < -0.3 is 9.84 Å². The molecule has 1 fully saturated rings. The number of aromatic nitrogens is 4. The third-order valence-electron chi connectivity index (χ3n) is 3.82. The first-order chi connectivity index (χ1) is 11.1. The fourth-order valence-electron chi connectivity index (χ4n) is 2.55. The number of tetrazole rings is 1. The standard InChI is InChI=1S/C15H20FN5O2/c1-11-8-12(2-3-14(11)16)15-17-19-21(18-15)10-13(22)9-20-4-6-23-7-5-20/h2-3,8,13,22H,4-7,9-10H2,1H3. The number of hydrogen-bond donors (Lipinski definition) is 1. The van der Waals surface area contributed by atoms with Crippen molar-refractivity contribution in [2.75, 3.05) is 32.8 Å². The molecule has 0 radical (unpaired) electrons. The molecule has 8 heteroatoms. The maximum atomic E-state index is 13.3. The van der Waals surface area contributed by atoms with E-state index in [0.717, 1.165) is 13.1 Å². The Morgan fingerprint density at radius 1 is 1.30 bits per heavy atom. The fraction of sp³-hybridized carbons (Fsp3) is 0.533. The van der Waals surface area contributed by atoms with Gasteiger partial charge in [-0.05, 0) is 35.9 Å². The van der Waals surface area contributed by atoms with Crippen LogP contribution in [0, 0.1) is 12.7 Å². The van der Waals surface area contributed by atoms with Crippen LogP contribution in [0.5, 0.6) is 0 Å². The van der Waals surface area contributed by atoms with Gasteiger partial charge in [0.05, 0.1) is 25.9 Å². The number of benzene rings is 1. The van der Waals surface area contributed by atoms with E-state index < -0.39 is 6.10 Å². The molecule has 0 saturated carbocycles. The Morgan fingerprint density at radius 2 is 2.09 bits per heavy atom. The highest BCUT2D eigenvalue weighted by atomic mass is 19.1. The van der Waals surface area contributed by atoms with Gasteiger partial charge in [0.15, 0.2) is 0 Å². The van der Waals surface area contributed by atoms with E-state index in [1.54, 1.807) is 19.1 Å². The van der Waals surface area contributed by atoms with Gasteiger partial charge in [0.2, 0.25) is 5.82 Å². The van der Waals surface area contributed by atoms with E-state index in [1.165, 1.54) is 10.9 Å². The molecular formula is C15H20FN5O2. The van der Waals surface area contributed by atoms with Crippen molar-refractivity contribution < 1.29 is 14.2 Å². The number of aliphatic hydroxyl groups is 1. The van der Waals surface area contributed by atoms with Crippen molar-refractivity contribution in [1.29, 1.82) is 0 Å². The summed E-state index contributed by atoms with van der Waals surface area (Å²) in [7, 11) is 0. The fourth-order valence-corrected chi connectivity index (χ4v) is 2.55. The molecule has 23 heavy (non-hydrogen) atoms. The Morgan fingerprint density at radius 3 is 2.83 bits per heavy atom. The lowest BCUT2D eigenvalue weighted by atomic mass is 10.1.